The lowest BCUT2D eigenvalue weighted by Gasteiger charge is -2.20. The van der Waals surface area contributed by atoms with Crippen LogP contribution in [0.1, 0.15) is 11.9 Å². The van der Waals surface area contributed by atoms with E-state index < -0.39 is 24.9 Å². The molecule has 0 radical (unpaired) electrons. The first-order valence-electron chi connectivity index (χ1n) is 8.99. The Balaban J connectivity index is 1.90. The van der Waals surface area contributed by atoms with Crippen LogP contribution in [-0.2, 0) is 0 Å². The number of fused-ring (bicyclic) bond motifs is 1. The lowest BCUT2D eigenvalue weighted by Crippen LogP contribution is -2.35. The number of aliphatic hydroxyl groups excluding tert-OH is 4. The highest BCUT2D eigenvalue weighted by atomic mass is 16.4. The molecule has 0 spiro atoms. The summed E-state index contributed by atoms with van der Waals surface area (Å²) in [5.41, 5.74) is 2.76. The zero-order valence-corrected chi connectivity index (χ0v) is 15.2. The summed E-state index contributed by atoms with van der Waals surface area (Å²) >= 11 is 0. The Morgan fingerprint density at radius 2 is 1.38 bits per heavy atom. The van der Waals surface area contributed by atoms with Crippen LogP contribution in [0.4, 0.5) is 0 Å². The van der Waals surface area contributed by atoms with Crippen molar-refractivity contribution in [3.05, 3.63) is 66.5 Å². The van der Waals surface area contributed by atoms with Crippen molar-refractivity contribution in [2.24, 2.45) is 0 Å². The highest BCUT2D eigenvalue weighted by Crippen LogP contribution is 2.29. The average Bonchev–Trinajstić information content (AvgIpc) is 3.20. The van der Waals surface area contributed by atoms with Gasteiger partial charge in [-0.25, -0.2) is 4.98 Å². The number of benzene rings is 2. The van der Waals surface area contributed by atoms with Gasteiger partial charge in [0, 0.05) is 11.1 Å². The quantitative estimate of drug-likeness (QED) is 0.374. The second-order valence-corrected chi connectivity index (χ2v) is 6.50. The predicted molar refractivity (Wildman–Crippen MR) is 104 cm³/mol. The Kier molecular flexibility index (Phi) is 5.28. The minimum Gasteiger partial charge on any atom is -0.394 e. The Morgan fingerprint density at radius 3 is 1.97 bits per heavy atom. The van der Waals surface area contributed by atoms with Crippen LogP contribution < -0.4 is 0 Å². The molecule has 4 aromatic rings. The van der Waals surface area contributed by atoms with Crippen molar-refractivity contribution in [3.63, 3.8) is 0 Å². The van der Waals surface area contributed by atoms with Crippen LogP contribution >= 0.6 is 0 Å². The molecule has 2 aromatic carbocycles. The molecule has 0 fully saturated rings. The Hall–Kier alpha value is -3.24. The average molecular weight is 393 g/mol. The van der Waals surface area contributed by atoms with Crippen molar-refractivity contribution in [2.45, 2.75) is 18.3 Å². The lowest BCUT2D eigenvalue weighted by atomic mass is 10.0. The fourth-order valence-electron chi connectivity index (χ4n) is 2.99. The number of aliphatic hydroxyl groups is 4. The molecule has 0 bridgehead atoms. The van der Waals surface area contributed by atoms with Gasteiger partial charge in [0.1, 0.15) is 29.7 Å². The number of aromatic nitrogens is 5. The van der Waals surface area contributed by atoms with Gasteiger partial charge in [-0.2, -0.15) is 9.61 Å². The van der Waals surface area contributed by atoms with Gasteiger partial charge in [-0.3, -0.25) is 0 Å². The van der Waals surface area contributed by atoms with Gasteiger partial charge in [0.05, 0.1) is 6.61 Å². The monoisotopic (exact) mass is 393 g/mol. The second kappa shape index (κ2) is 8.02. The molecule has 148 valence electrons. The molecule has 2 aromatic heterocycles. The van der Waals surface area contributed by atoms with E-state index in [-0.39, 0.29) is 11.6 Å². The van der Waals surface area contributed by atoms with Crippen molar-refractivity contribution in [1.82, 2.24) is 24.8 Å². The fraction of sp³-hybridized carbons (Fsp3) is 0.200. The maximum Gasteiger partial charge on any atom is 0.272 e. The van der Waals surface area contributed by atoms with Crippen LogP contribution in [0.3, 0.4) is 0 Å². The van der Waals surface area contributed by atoms with E-state index in [1.165, 1.54) is 4.52 Å². The van der Waals surface area contributed by atoms with Crippen LogP contribution in [0.5, 0.6) is 0 Å². The van der Waals surface area contributed by atoms with Gasteiger partial charge in [-0.05, 0) is 0 Å². The maximum atomic E-state index is 10.4. The zero-order valence-electron chi connectivity index (χ0n) is 15.2. The van der Waals surface area contributed by atoms with Gasteiger partial charge in [0.15, 0.2) is 5.82 Å². The molecule has 0 saturated carbocycles. The summed E-state index contributed by atoms with van der Waals surface area (Å²) in [4.78, 5) is 4.57. The third kappa shape index (κ3) is 3.59. The number of hydrogen-bond acceptors (Lipinski definition) is 8. The Bertz CT molecular complexity index is 1100. The number of rotatable bonds is 6. The molecule has 9 nitrogen and oxygen atoms in total. The van der Waals surface area contributed by atoms with Crippen LogP contribution in [0.15, 0.2) is 60.7 Å². The molecule has 3 atom stereocenters. The summed E-state index contributed by atoms with van der Waals surface area (Å²) in [6, 6.07) is 18.9. The minimum atomic E-state index is -1.66. The van der Waals surface area contributed by atoms with Crippen molar-refractivity contribution >= 4 is 5.78 Å². The third-order valence-corrected chi connectivity index (χ3v) is 4.55. The van der Waals surface area contributed by atoms with E-state index in [4.69, 9.17) is 5.11 Å². The van der Waals surface area contributed by atoms with Crippen molar-refractivity contribution in [2.75, 3.05) is 6.61 Å². The highest BCUT2D eigenvalue weighted by Gasteiger charge is 2.30. The van der Waals surface area contributed by atoms with Crippen molar-refractivity contribution in [3.8, 4) is 22.5 Å². The maximum absolute atomic E-state index is 10.4. The molecule has 4 rings (SSSR count). The van der Waals surface area contributed by atoms with Gasteiger partial charge < -0.3 is 20.4 Å². The molecular weight excluding hydrogens is 374 g/mol. The summed E-state index contributed by atoms with van der Waals surface area (Å²) in [5, 5.41) is 51.6. The third-order valence-electron chi connectivity index (χ3n) is 4.55. The standard InChI is InChI=1S/C20H19N5O4/c26-11-14(27)17(28)18(29)19-22-23-20-21-15(12-7-3-1-4-8-12)16(24-25(19)20)13-9-5-2-6-10-13/h1-10,14,17-18,26-29H,11H2/t14-,17-,18+/m1/s1. The predicted octanol–water partition coefficient (Wildman–Crippen LogP) is 0.601. The van der Waals surface area contributed by atoms with E-state index in [2.05, 4.69) is 20.3 Å². The molecule has 0 saturated heterocycles. The van der Waals surface area contributed by atoms with Crippen LogP contribution in [-0.4, -0.2) is 64.0 Å². The minimum absolute atomic E-state index is 0.0932. The van der Waals surface area contributed by atoms with Gasteiger partial charge in [0.25, 0.3) is 5.78 Å². The van der Waals surface area contributed by atoms with Crippen LogP contribution in [0.25, 0.3) is 28.3 Å². The topological polar surface area (TPSA) is 137 Å². The molecule has 29 heavy (non-hydrogen) atoms. The van der Waals surface area contributed by atoms with E-state index >= 15 is 0 Å². The van der Waals surface area contributed by atoms with Crippen molar-refractivity contribution in [1.29, 1.82) is 0 Å². The van der Waals surface area contributed by atoms with E-state index in [1.807, 2.05) is 60.7 Å². The van der Waals surface area contributed by atoms with Crippen LogP contribution in [0.2, 0.25) is 0 Å². The summed E-state index contributed by atoms with van der Waals surface area (Å²) in [7, 11) is 0. The smallest absolute Gasteiger partial charge is 0.272 e. The van der Waals surface area contributed by atoms with Crippen molar-refractivity contribution < 1.29 is 20.4 Å². The lowest BCUT2D eigenvalue weighted by molar-refractivity contribution is -0.0808. The highest BCUT2D eigenvalue weighted by molar-refractivity contribution is 5.78. The van der Waals surface area contributed by atoms with Gasteiger partial charge in [-0.1, -0.05) is 60.7 Å². The second-order valence-electron chi connectivity index (χ2n) is 6.50. The zero-order chi connectivity index (χ0) is 20.4. The molecular formula is C20H19N5O4. The molecule has 9 heteroatoms. The van der Waals surface area contributed by atoms with Gasteiger partial charge in [0.2, 0.25) is 0 Å². The number of hydrogen-bond donors (Lipinski definition) is 4. The van der Waals surface area contributed by atoms with E-state index in [0.717, 1.165) is 11.1 Å². The molecule has 0 aliphatic carbocycles. The Morgan fingerprint density at radius 1 is 0.793 bits per heavy atom. The molecule has 2 heterocycles. The first-order chi connectivity index (χ1) is 14.1. The molecule has 0 amide bonds. The van der Waals surface area contributed by atoms with Gasteiger partial charge >= 0.3 is 0 Å². The largest absolute Gasteiger partial charge is 0.394 e. The fourth-order valence-corrected chi connectivity index (χ4v) is 2.99. The van der Waals surface area contributed by atoms with Gasteiger partial charge in [-0.15, -0.1) is 10.2 Å². The van der Waals surface area contributed by atoms with E-state index in [9.17, 15) is 15.3 Å². The SMILES string of the molecule is OC[C@@H](O)[C@@H](O)[C@H](O)c1nnc2nc(-c3ccccc3)c(-c3ccccc3)nn12. The summed E-state index contributed by atoms with van der Waals surface area (Å²) in [6.07, 6.45) is -4.82. The normalized spacial score (nSPS) is 14.6. The molecule has 0 unspecified atom stereocenters. The molecule has 0 aliphatic rings. The van der Waals surface area contributed by atoms with E-state index in [1.54, 1.807) is 0 Å². The van der Waals surface area contributed by atoms with E-state index in [0.29, 0.717) is 11.4 Å². The molecule has 0 aliphatic heterocycles. The number of nitrogens with zero attached hydrogens (tertiary/aromatic N) is 5. The molecule has 4 N–H and O–H groups in total. The first-order valence-corrected chi connectivity index (χ1v) is 8.99. The summed E-state index contributed by atoms with van der Waals surface area (Å²) in [6.45, 7) is -0.714. The summed E-state index contributed by atoms with van der Waals surface area (Å²) < 4.78 is 1.23. The Labute approximate surface area is 165 Å². The first kappa shape index (κ1) is 19.1. The van der Waals surface area contributed by atoms with Crippen LogP contribution in [0, 0.1) is 0 Å². The summed E-state index contributed by atoms with van der Waals surface area (Å²) in [5.74, 6) is 0.0348.